The zero-order chi connectivity index (χ0) is 12.6. The van der Waals surface area contributed by atoms with E-state index >= 15 is 0 Å². The summed E-state index contributed by atoms with van der Waals surface area (Å²) < 4.78 is 1.01. The molecule has 0 radical (unpaired) electrons. The number of nitrogens with zero attached hydrogens (tertiary/aromatic N) is 1. The summed E-state index contributed by atoms with van der Waals surface area (Å²) in [7, 11) is 0. The highest BCUT2D eigenvalue weighted by Gasteiger charge is 2.45. The van der Waals surface area contributed by atoms with Crippen LogP contribution in [0.4, 0.5) is 5.69 Å². The number of hydrogen-bond donors (Lipinski definition) is 1. The summed E-state index contributed by atoms with van der Waals surface area (Å²) in [4.78, 5) is 13.4. The van der Waals surface area contributed by atoms with Crippen molar-refractivity contribution < 1.29 is 9.90 Å². The van der Waals surface area contributed by atoms with Crippen LogP contribution in [-0.4, -0.2) is 23.2 Å². The number of anilines is 1. The highest BCUT2D eigenvalue weighted by molar-refractivity contribution is 9.10. The smallest absolute Gasteiger partial charge is 0.308 e. The number of hydrogen-bond acceptors (Lipinski definition) is 2. The minimum absolute atomic E-state index is 0.311. The first-order chi connectivity index (χ1) is 7.94. The predicted molar refractivity (Wildman–Crippen MR) is 71.3 cm³/mol. The summed E-state index contributed by atoms with van der Waals surface area (Å²) in [6.07, 6.45) is 0.698. The zero-order valence-electron chi connectivity index (χ0n) is 9.98. The van der Waals surface area contributed by atoms with Crippen LogP contribution in [0.15, 0.2) is 28.7 Å². The highest BCUT2D eigenvalue weighted by Crippen LogP contribution is 2.40. The van der Waals surface area contributed by atoms with Crippen LogP contribution < -0.4 is 4.90 Å². The van der Waals surface area contributed by atoms with Crippen molar-refractivity contribution >= 4 is 27.6 Å². The van der Waals surface area contributed by atoms with E-state index in [2.05, 4.69) is 20.8 Å². The van der Waals surface area contributed by atoms with Crippen LogP contribution >= 0.6 is 15.9 Å². The van der Waals surface area contributed by atoms with Gasteiger partial charge in [0.1, 0.15) is 0 Å². The predicted octanol–water partition coefficient (Wildman–Crippen LogP) is 3.14. The first kappa shape index (κ1) is 12.4. The van der Waals surface area contributed by atoms with E-state index in [0.29, 0.717) is 6.42 Å². The number of carbonyl (C=O) groups is 1. The van der Waals surface area contributed by atoms with Crippen molar-refractivity contribution in [2.75, 3.05) is 11.4 Å². The molecule has 0 spiro atoms. The van der Waals surface area contributed by atoms with E-state index in [1.807, 2.05) is 38.1 Å². The molecule has 0 aliphatic carbocycles. The molecule has 3 nitrogen and oxygen atoms in total. The highest BCUT2D eigenvalue weighted by atomic mass is 79.9. The second kappa shape index (κ2) is 4.33. The van der Waals surface area contributed by atoms with E-state index in [1.165, 1.54) is 0 Å². The van der Waals surface area contributed by atoms with E-state index in [1.54, 1.807) is 0 Å². The normalized spacial score (nSPS) is 22.8. The largest absolute Gasteiger partial charge is 0.481 e. The van der Waals surface area contributed by atoms with Gasteiger partial charge >= 0.3 is 5.97 Å². The molecule has 0 bridgehead atoms. The van der Waals surface area contributed by atoms with Gasteiger partial charge in [0, 0.05) is 16.6 Å². The van der Waals surface area contributed by atoms with Gasteiger partial charge in [-0.1, -0.05) is 12.1 Å². The molecular formula is C13H16BrNO2. The molecule has 1 aliphatic rings. The lowest BCUT2D eigenvalue weighted by atomic mass is 9.88. The van der Waals surface area contributed by atoms with Crippen LogP contribution in [0.25, 0.3) is 0 Å². The maximum atomic E-state index is 11.2. The number of benzene rings is 1. The van der Waals surface area contributed by atoms with E-state index in [-0.39, 0.29) is 11.5 Å². The fraction of sp³-hybridized carbons (Fsp3) is 0.462. The van der Waals surface area contributed by atoms with Gasteiger partial charge in [0.2, 0.25) is 0 Å². The van der Waals surface area contributed by atoms with Crippen LogP contribution in [0.2, 0.25) is 0 Å². The number of carboxylic acid groups (broad SMARTS) is 1. The number of carboxylic acids is 1. The molecule has 92 valence electrons. The first-order valence-corrected chi connectivity index (χ1v) is 6.49. The maximum Gasteiger partial charge on any atom is 0.308 e. The molecule has 0 amide bonds. The molecule has 1 N–H and O–H groups in total. The Morgan fingerprint density at radius 2 is 2.12 bits per heavy atom. The van der Waals surface area contributed by atoms with Crippen molar-refractivity contribution in [2.45, 2.75) is 25.8 Å². The van der Waals surface area contributed by atoms with Gasteiger partial charge in [0.05, 0.1) is 11.6 Å². The first-order valence-electron chi connectivity index (χ1n) is 5.69. The van der Waals surface area contributed by atoms with Crippen molar-refractivity contribution in [3.63, 3.8) is 0 Å². The Bertz CT molecular complexity index is 445. The zero-order valence-corrected chi connectivity index (χ0v) is 11.6. The lowest BCUT2D eigenvalue weighted by Crippen LogP contribution is -2.45. The summed E-state index contributed by atoms with van der Waals surface area (Å²) in [5.74, 6) is -1.01. The van der Waals surface area contributed by atoms with Crippen LogP contribution in [0, 0.1) is 5.92 Å². The SMILES string of the molecule is CC1(C)C(C(=O)O)CCN1c1ccccc1Br. The van der Waals surface area contributed by atoms with Gasteiger partial charge in [-0.15, -0.1) is 0 Å². The molecule has 1 aromatic rings. The second-order valence-corrected chi connectivity index (χ2v) is 5.79. The Hall–Kier alpha value is -1.03. The second-order valence-electron chi connectivity index (χ2n) is 4.94. The number of halogens is 1. The molecule has 1 heterocycles. The molecule has 1 atom stereocenters. The third kappa shape index (κ3) is 2.06. The average molecular weight is 298 g/mol. The summed E-state index contributed by atoms with van der Waals surface area (Å²) in [6, 6.07) is 7.95. The Morgan fingerprint density at radius 3 is 2.65 bits per heavy atom. The summed E-state index contributed by atoms with van der Waals surface area (Å²) >= 11 is 3.53. The van der Waals surface area contributed by atoms with E-state index < -0.39 is 5.97 Å². The summed E-state index contributed by atoms with van der Waals surface area (Å²) in [6.45, 7) is 4.78. The Kier molecular flexibility index (Phi) is 3.17. The van der Waals surface area contributed by atoms with E-state index in [4.69, 9.17) is 0 Å². The van der Waals surface area contributed by atoms with Crippen molar-refractivity contribution in [1.29, 1.82) is 0 Å². The minimum Gasteiger partial charge on any atom is -0.481 e. The number of aliphatic carboxylic acids is 1. The topological polar surface area (TPSA) is 40.5 Å². The Labute approximate surface area is 110 Å². The fourth-order valence-corrected chi connectivity index (χ4v) is 3.11. The van der Waals surface area contributed by atoms with Gasteiger partial charge in [-0.25, -0.2) is 0 Å². The Morgan fingerprint density at radius 1 is 1.47 bits per heavy atom. The quantitative estimate of drug-likeness (QED) is 0.912. The molecule has 1 unspecified atom stereocenters. The number of para-hydroxylation sites is 1. The van der Waals surface area contributed by atoms with Crippen LogP contribution in [-0.2, 0) is 4.79 Å². The molecule has 4 heteroatoms. The van der Waals surface area contributed by atoms with Gasteiger partial charge in [-0.05, 0) is 48.3 Å². The molecule has 1 fully saturated rings. The van der Waals surface area contributed by atoms with Gasteiger partial charge in [0.25, 0.3) is 0 Å². The standard InChI is InChI=1S/C13H16BrNO2/c1-13(2)9(12(16)17)7-8-15(13)11-6-4-3-5-10(11)14/h3-6,9H,7-8H2,1-2H3,(H,16,17). The molecule has 17 heavy (non-hydrogen) atoms. The molecular weight excluding hydrogens is 282 g/mol. The van der Waals surface area contributed by atoms with Crippen molar-refractivity contribution in [3.05, 3.63) is 28.7 Å². The van der Waals surface area contributed by atoms with E-state index in [0.717, 1.165) is 16.7 Å². The van der Waals surface area contributed by atoms with Crippen LogP contribution in [0.1, 0.15) is 20.3 Å². The van der Waals surface area contributed by atoms with Crippen LogP contribution in [0.3, 0.4) is 0 Å². The minimum atomic E-state index is -0.704. The van der Waals surface area contributed by atoms with Gasteiger partial charge in [0.15, 0.2) is 0 Å². The molecule has 1 saturated heterocycles. The summed E-state index contributed by atoms with van der Waals surface area (Å²) in [5, 5.41) is 9.24. The molecule has 1 aromatic carbocycles. The van der Waals surface area contributed by atoms with E-state index in [9.17, 15) is 9.90 Å². The molecule has 0 saturated carbocycles. The van der Waals surface area contributed by atoms with Gasteiger partial charge < -0.3 is 10.0 Å². The number of rotatable bonds is 2. The molecule has 0 aromatic heterocycles. The van der Waals surface area contributed by atoms with Gasteiger partial charge in [-0.3, -0.25) is 4.79 Å². The fourth-order valence-electron chi connectivity index (χ4n) is 2.61. The molecule has 2 rings (SSSR count). The lowest BCUT2D eigenvalue weighted by molar-refractivity contribution is -0.142. The van der Waals surface area contributed by atoms with Gasteiger partial charge in [-0.2, -0.15) is 0 Å². The lowest BCUT2D eigenvalue weighted by Gasteiger charge is -2.36. The molecule has 1 aliphatic heterocycles. The van der Waals surface area contributed by atoms with Crippen LogP contribution in [0.5, 0.6) is 0 Å². The van der Waals surface area contributed by atoms with Crippen molar-refractivity contribution in [3.8, 4) is 0 Å². The third-order valence-electron chi connectivity index (χ3n) is 3.63. The summed E-state index contributed by atoms with van der Waals surface area (Å²) in [5.41, 5.74) is 0.719. The Balaban J connectivity index is 2.36. The third-order valence-corrected chi connectivity index (χ3v) is 4.30. The average Bonchev–Trinajstić information content (AvgIpc) is 2.54. The maximum absolute atomic E-state index is 11.2. The van der Waals surface area contributed by atoms with Crippen molar-refractivity contribution in [2.24, 2.45) is 5.92 Å². The van der Waals surface area contributed by atoms with Crippen molar-refractivity contribution in [1.82, 2.24) is 0 Å². The monoisotopic (exact) mass is 297 g/mol.